The molecular formula is C20H22N2O6. The largest absolute Gasteiger partial charge is 0.490 e. The van der Waals surface area contributed by atoms with Gasteiger partial charge < -0.3 is 24.8 Å². The Morgan fingerprint density at radius 2 is 2.04 bits per heavy atom. The Kier molecular flexibility index (Phi) is 4.70. The smallest absolute Gasteiger partial charge is 0.404 e. The van der Waals surface area contributed by atoms with E-state index in [4.69, 9.17) is 19.7 Å². The zero-order valence-corrected chi connectivity index (χ0v) is 15.5. The molecule has 8 nitrogen and oxygen atoms in total. The van der Waals surface area contributed by atoms with E-state index in [1.54, 1.807) is 6.92 Å². The lowest BCUT2D eigenvalue weighted by atomic mass is 9.98. The van der Waals surface area contributed by atoms with Crippen LogP contribution >= 0.6 is 0 Å². The number of rotatable bonds is 6. The molecule has 1 amide bonds. The van der Waals surface area contributed by atoms with Crippen molar-refractivity contribution in [1.82, 2.24) is 5.16 Å². The van der Waals surface area contributed by atoms with E-state index in [0.29, 0.717) is 22.8 Å². The molecule has 1 heterocycles. The van der Waals surface area contributed by atoms with E-state index in [2.05, 4.69) is 5.16 Å². The zero-order chi connectivity index (χ0) is 19.8. The second-order valence-corrected chi connectivity index (χ2v) is 7.40. The van der Waals surface area contributed by atoms with Crippen LogP contribution in [0.2, 0.25) is 0 Å². The summed E-state index contributed by atoms with van der Waals surface area (Å²) in [5.74, 6) is 0.581. The Morgan fingerprint density at radius 3 is 2.71 bits per heavy atom. The highest BCUT2D eigenvalue weighted by Gasteiger charge is 2.60. The van der Waals surface area contributed by atoms with E-state index in [1.165, 1.54) is 0 Å². The maximum Gasteiger partial charge on any atom is 0.404 e. The number of ether oxygens (including phenoxy) is 2. The molecule has 4 rings (SSSR count). The number of primary amides is 1. The van der Waals surface area contributed by atoms with Gasteiger partial charge in [0.1, 0.15) is 18.5 Å². The summed E-state index contributed by atoms with van der Waals surface area (Å²) in [5, 5.41) is 13.3. The standard InChI is InChI=1S/C20H22N2O6/c1-10-14(9-26-20(21)25)18(28-22-10)11-5-7-12(8-6-11)27-15-4-2-3-13-16(15)17(13)19(23)24/h5-8,13,15-17H,2-4,9H2,1H3,(H2,21,25)(H,23,24). The zero-order valence-electron chi connectivity index (χ0n) is 15.5. The first kappa shape index (κ1) is 18.3. The van der Waals surface area contributed by atoms with E-state index in [0.717, 1.165) is 24.8 Å². The third-order valence-electron chi connectivity index (χ3n) is 5.72. The second kappa shape index (κ2) is 7.18. The van der Waals surface area contributed by atoms with Crippen LogP contribution in [0, 0.1) is 24.7 Å². The number of aryl methyl sites for hydroxylation is 1. The number of nitrogens with zero attached hydrogens (tertiary/aromatic N) is 1. The van der Waals surface area contributed by atoms with Crippen LogP contribution in [0.3, 0.4) is 0 Å². The van der Waals surface area contributed by atoms with E-state index >= 15 is 0 Å². The molecule has 0 bridgehead atoms. The summed E-state index contributed by atoms with van der Waals surface area (Å²) in [7, 11) is 0. The predicted molar refractivity (Wildman–Crippen MR) is 97.4 cm³/mol. The maximum atomic E-state index is 11.3. The Labute approximate surface area is 161 Å². The number of carboxylic acids is 1. The molecule has 1 aromatic carbocycles. The molecule has 0 radical (unpaired) electrons. The molecule has 2 aliphatic rings. The number of nitrogens with two attached hydrogens (primary N) is 1. The fourth-order valence-corrected chi connectivity index (χ4v) is 4.30. The van der Waals surface area contributed by atoms with Gasteiger partial charge in [-0.3, -0.25) is 4.79 Å². The van der Waals surface area contributed by atoms with Crippen molar-refractivity contribution in [1.29, 1.82) is 0 Å². The van der Waals surface area contributed by atoms with Gasteiger partial charge in [0.25, 0.3) is 0 Å². The number of carbonyl (C=O) groups is 2. The number of benzene rings is 1. The number of aromatic nitrogens is 1. The molecule has 2 saturated carbocycles. The minimum atomic E-state index is -0.860. The van der Waals surface area contributed by atoms with Crippen molar-refractivity contribution >= 4 is 12.1 Å². The SMILES string of the molecule is Cc1noc(-c2ccc(OC3CCCC4C(C(=O)O)C34)cc2)c1COC(N)=O. The third kappa shape index (κ3) is 3.42. The van der Waals surface area contributed by atoms with Crippen molar-refractivity contribution in [3.05, 3.63) is 35.5 Å². The van der Waals surface area contributed by atoms with Gasteiger partial charge in [0.05, 0.1) is 17.2 Å². The first-order valence-electron chi connectivity index (χ1n) is 9.33. The third-order valence-corrected chi connectivity index (χ3v) is 5.72. The van der Waals surface area contributed by atoms with Crippen molar-refractivity contribution in [3.8, 4) is 17.1 Å². The highest BCUT2D eigenvalue weighted by molar-refractivity contribution is 5.74. The van der Waals surface area contributed by atoms with Crippen LogP contribution < -0.4 is 10.5 Å². The highest BCUT2D eigenvalue weighted by Crippen LogP contribution is 2.56. The van der Waals surface area contributed by atoms with E-state index in [-0.39, 0.29) is 30.5 Å². The Bertz CT molecular complexity index is 891. The van der Waals surface area contributed by atoms with E-state index in [9.17, 15) is 14.7 Å². The van der Waals surface area contributed by atoms with Gasteiger partial charge in [-0.25, -0.2) is 4.79 Å². The minimum absolute atomic E-state index is 0.0139. The quantitative estimate of drug-likeness (QED) is 0.781. The number of fused-ring (bicyclic) bond motifs is 1. The summed E-state index contributed by atoms with van der Waals surface area (Å²) < 4.78 is 16.3. The Morgan fingerprint density at radius 1 is 1.29 bits per heavy atom. The van der Waals surface area contributed by atoms with Crippen LogP contribution in [0.25, 0.3) is 11.3 Å². The number of hydrogen-bond donors (Lipinski definition) is 2. The number of carboxylic acid groups (broad SMARTS) is 1. The molecule has 0 spiro atoms. The van der Waals surface area contributed by atoms with Crippen molar-refractivity contribution in [3.63, 3.8) is 0 Å². The lowest BCUT2D eigenvalue weighted by Gasteiger charge is -2.22. The molecule has 2 aliphatic carbocycles. The number of carbonyl (C=O) groups excluding carboxylic acids is 1. The van der Waals surface area contributed by atoms with Gasteiger partial charge in [0, 0.05) is 11.5 Å². The van der Waals surface area contributed by atoms with Crippen LogP contribution in [-0.2, 0) is 16.1 Å². The molecule has 2 aromatic rings. The van der Waals surface area contributed by atoms with Crippen molar-refractivity contribution in [2.75, 3.05) is 0 Å². The minimum Gasteiger partial charge on any atom is -0.490 e. The first-order valence-corrected chi connectivity index (χ1v) is 9.33. The molecule has 1 aromatic heterocycles. The van der Waals surface area contributed by atoms with Gasteiger partial charge >= 0.3 is 12.1 Å². The summed E-state index contributed by atoms with van der Waals surface area (Å²) >= 11 is 0. The van der Waals surface area contributed by atoms with Gasteiger partial charge in [-0.15, -0.1) is 0 Å². The fraction of sp³-hybridized carbons (Fsp3) is 0.450. The molecule has 148 valence electrons. The fourth-order valence-electron chi connectivity index (χ4n) is 4.30. The predicted octanol–water partition coefficient (Wildman–Crippen LogP) is 3.12. The summed E-state index contributed by atoms with van der Waals surface area (Å²) in [5.41, 5.74) is 7.09. The van der Waals surface area contributed by atoms with Crippen LogP contribution in [0.1, 0.15) is 30.5 Å². The lowest BCUT2D eigenvalue weighted by molar-refractivity contribution is -0.139. The molecule has 4 atom stereocenters. The van der Waals surface area contributed by atoms with Gasteiger partial charge in [-0.05, 0) is 56.4 Å². The van der Waals surface area contributed by atoms with Crippen LogP contribution in [-0.4, -0.2) is 28.4 Å². The summed E-state index contributed by atoms with van der Waals surface area (Å²) in [6.07, 6.45) is 1.93. The first-order chi connectivity index (χ1) is 13.5. The van der Waals surface area contributed by atoms with Gasteiger partial charge in [0.15, 0.2) is 5.76 Å². The molecule has 4 unspecified atom stereocenters. The summed E-state index contributed by atoms with van der Waals surface area (Å²) in [6.45, 7) is 1.75. The average molecular weight is 386 g/mol. The van der Waals surface area contributed by atoms with Crippen molar-refractivity contribution in [2.45, 2.75) is 38.9 Å². The molecular weight excluding hydrogens is 364 g/mol. The number of amides is 1. The molecule has 3 N–H and O–H groups in total. The number of aliphatic carboxylic acids is 1. The topological polar surface area (TPSA) is 125 Å². The maximum absolute atomic E-state index is 11.3. The Hall–Kier alpha value is -3.03. The van der Waals surface area contributed by atoms with Crippen LogP contribution in [0.15, 0.2) is 28.8 Å². The monoisotopic (exact) mass is 386 g/mol. The van der Waals surface area contributed by atoms with Crippen molar-refractivity contribution < 1.29 is 28.7 Å². The van der Waals surface area contributed by atoms with Gasteiger partial charge in [-0.2, -0.15) is 0 Å². The van der Waals surface area contributed by atoms with Crippen molar-refractivity contribution in [2.24, 2.45) is 23.5 Å². The van der Waals surface area contributed by atoms with Crippen LogP contribution in [0.4, 0.5) is 4.79 Å². The van der Waals surface area contributed by atoms with E-state index < -0.39 is 12.1 Å². The molecule has 28 heavy (non-hydrogen) atoms. The molecule has 2 fully saturated rings. The summed E-state index contributed by atoms with van der Waals surface area (Å²) in [6, 6.07) is 7.33. The molecule has 0 aliphatic heterocycles. The van der Waals surface area contributed by atoms with Crippen LogP contribution in [0.5, 0.6) is 5.75 Å². The lowest BCUT2D eigenvalue weighted by Crippen LogP contribution is -2.24. The normalized spacial score (nSPS) is 25.6. The number of hydrogen-bond acceptors (Lipinski definition) is 6. The average Bonchev–Trinajstić information content (AvgIpc) is 3.30. The summed E-state index contributed by atoms with van der Waals surface area (Å²) in [4.78, 5) is 22.2. The molecule has 8 heteroatoms. The highest BCUT2D eigenvalue weighted by atomic mass is 16.5. The Balaban J connectivity index is 1.46. The van der Waals surface area contributed by atoms with Gasteiger partial charge in [0.2, 0.25) is 0 Å². The second-order valence-electron chi connectivity index (χ2n) is 7.40. The van der Waals surface area contributed by atoms with Gasteiger partial charge in [-0.1, -0.05) is 5.16 Å². The molecule has 0 saturated heterocycles. The van der Waals surface area contributed by atoms with E-state index in [1.807, 2.05) is 24.3 Å².